The Kier molecular flexibility index (Phi) is 12.3. The Hall–Kier alpha value is -2.57. The van der Waals surface area contributed by atoms with Gasteiger partial charge in [0.15, 0.2) is 0 Å². The fourth-order valence-corrected chi connectivity index (χ4v) is 4.10. The van der Waals surface area contributed by atoms with Crippen LogP contribution in [0.25, 0.3) is 0 Å². The zero-order valence-corrected chi connectivity index (χ0v) is 23.3. The molecule has 7 heteroatoms. The first-order valence-electron chi connectivity index (χ1n) is 12.9. The second kappa shape index (κ2) is 14.1. The SMILES string of the molecule is CCCCCCCN(C(=O)C(C)NC(=O)OC(C)(C)C)C(C(=O)NC(C)C)c1c(C)cccc1C. The van der Waals surface area contributed by atoms with Gasteiger partial charge in [0.25, 0.3) is 0 Å². The molecule has 0 fully saturated rings. The van der Waals surface area contributed by atoms with E-state index in [4.69, 9.17) is 4.74 Å². The highest BCUT2D eigenvalue weighted by Gasteiger charge is 2.36. The van der Waals surface area contributed by atoms with E-state index in [-0.39, 0.29) is 17.9 Å². The Labute approximate surface area is 212 Å². The Morgan fingerprint density at radius 1 is 0.943 bits per heavy atom. The molecule has 0 saturated heterocycles. The fourth-order valence-electron chi connectivity index (χ4n) is 4.10. The second-order valence-corrected chi connectivity index (χ2v) is 10.7. The maximum absolute atomic E-state index is 13.8. The first-order valence-corrected chi connectivity index (χ1v) is 12.9. The van der Waals surface area contributed by atoms with Crippen LogP contribution in [-0.2, 0) is 14.3 Å². The van der Waals surface area contributed by atoms with E-state index in [0.717, 1.165) is 48.8 Å². The van der Waals surface area contributed by atoms with Crippen LogP contribution in [0.3, 0.4) is 0 Å². The van der Waals surface area contributed by atoms with E-state index in [2.05, 4.69) is 17.6 Å². The Balaban J connectivity index is 3.37. The smallest absolute Gasteiger partial charge is 0.408 e. The van der Waals surface area contributed by atoms with Gasteiger partial charge in [-0.15, -0.1) is 0 Å². The first-order chi connectivity index (χ1) is 16.3. The predicted molar refractivity (Wildman–Crippen MR) is 141 cm³/mol. The fraction of sp³-hybridized carbons (Fsp3) is 0.679. The molecule has 3 amide bonds. The average molecular weight is 490 g/mol. The molecule has 0 saturated carbocycles. The van der Waals surface area contributed by atoms with Gasteiger partial charge in [-0.25, -0.2) is 4.79 Å². The standard InChI is InChI=1S/C28H47N3O4/c1-10-11-12-13-14-18-31(26(33)22(6)30-27(34)35-28(7,8)9)24(25(32)29-19(2)3)23-20(4)16-15-17-21(23)5/h15-17,19,22,24H,10-14,18H2,1-9H3,(H,29,32)(H,30,34). The number of carbonyl (C=O) groups excluding carboxylic acids is 3. The van der Waals surface area contributed by atoms with Crippen molar-refractivity contribution in [3.63, 3.8) is 0 Å². The number of nitrogens with zero attached hydrogens (tertiary/aromatic N) is 1. The molecular weight excluding hydrogens is 442 g/mol. The van der Waals surface area contributed by atoms with E-state index in [1.807, 2.05) is 45.9 Å². The number of ether oxygens (including phenoxy) is 1. The van der Waals surface area contributed by atoms with Gasteiger partial charge in [-0.05, 0) is 78.5 Å². The molecule has 2 unspecified atom stereocenters. The van der Waals surface area contributed by atoms with Crippen molar-refractivity contribution in [2.75, 3.05) is 6.54 Å². The van der Waals surface area contributed by atoms with Crippen LogP contribution in [0.1, 0.15) is 103 Å². The summed E-state index contributed by atoms with van der Waals surface area (Å²) in [6, 6.07) is 4.16. The molecule has 35 heavy (non-hydrogen) atoms. The molecule has 0 aliphatic rings. The van der Waals surface area contributed by atoms with Crippen LogP contribution >= 0.6 is 0 Å². The van der Waals surface area contributed by atoms with Crippen LogP contribution in [0.2, 0.25) is 0 Å². The van der Waals surface area contributed by atoms with Crippen molar-refractivity contribution in [2.24, 2.45) is 0 Å². The highest BCUT2D eigenvalue weighted by Crippen LogP contribution is 2.29. The molecule has 0 aliphatic carbocycles. The van der Waals surface area contributed by atoms with Crippen molar-refractivity contribution >= 4 is 17.9 Å². The molecule has 0 spiro atoms. The number of alkyl carbamates (subject to hydrolysis) is 1. The highest BCUT2D eigenvalue weighted by molar-refractivity contribution is 5.92. The highest BCUT2D eigenvalue weighted by atomic mass is 16.6. The lowest BCUT2D eigenvalue weighted by Crippen LogP contribution is -2.53. The lowest BCUT2D eigenvalue weighted by molar-refractivity contribution is -0.142. The molecule has 0 aromatic heterocycles. The minimum atomic E-state index is -0.848. The van der Waals surface area contributed by atoms with E-state index >= 15 is 0 Å². The molecule has 1 aromatic rings. The van der Waals surface area contributed by atoms with Gasteiger partial charge in [0.1, 0.15) is 17.7 Å². The monoisotopic (exact) mass is 489 g/mol. The molecule has 7 nitrogen and oxygen atoms in total. The molecule has 1 aromatic carbocycles. The number of benzene rings is 1. The largest absolute Gasteiger partial charge is 0.444 e. The summed E-state index contributed by atoms with van der Waals surface area (Å²) in [5.74, 6) is -0.526. The molecular formula is C28H47N3O4. The van der Waals surface area contributed by atoms with Crippen LogP contribution in [0.15, 0.2) is 18.2 Å². The summed E-state index contributed by atoms with van der Waals surface area (Å²) in [5, 5.41) is 5.67. The van der Waals surface area contributed by atoms with E-state index in [9.17, 15) is 14.4 Å². The summed E-state index contributed by atoms with van der Waals surface area (Å²) in [7, 11) is 0. The third-order valence-electron chi connectivity index (χ3n) is 5.70. The van der Waals surface area contributed by atoms with Crippen LogP contribution in [0, 0.1) is 13.8 Å². The summed E-state index contributed by atoms with van der Waals surface area (Å²) in [5.41, 5.74) is 2.05. The first kappa shape index (κ1) is 30.5. The van der Waals surface area contributed by atoms with Crippen molar-refractivity contribution in [1.82, 2.24) is 15.5 Å². The van der Waals surface area contributed by atoms with E-state index in [1.54, 1.807) is 32.6 Å². The maximum Gasteiger partial charge on any atom is 0.408 e. The summed E-state index contributed by atoms with van der Waals surface area (Å²) in [6.45, 7) is 17.3. The molecule has 2 atom stereocenters. The third kappa shape index (κ3) is 10.3. The van der Waals surface area contributed by atoms with Gasteiger partial charge in [-0.1, -0.05) is 50.8 Å². The predicted octanol–water partition coefficient (Wildman–Crippen LogP) is 5.58. The van der Waals surface area contributed by atoms with Gasteiger partial charge in [-0.3, -0.25) is 9.59 Å². The van der Waals surface area contributed by atoms with E-state index < -0.39 is 23.8 Å². The van der Waals surface area contributed by atoms with Crippen LogP contribution in [0.4, 0.5) is 4.79 Å². The average Bonchev–Trinajstić information content (AvgIpc) is 2.71. The van der Waals surface area contributed by atoms with Gasteiger partial charge in [-0.2, -0.15) is 0 Å². The number of rotatable bonds is 12. The Morgan fingerprint density at radius 2 is 1.51 bits per heavy atom. The van der Waals surface area contributed by atoms with Crippen LogP contribution in [0.5, 0.6) is 0 Å². The molecule has 1 rings (SSSR count). The summed E-state index contributed by atoms with van der Waals surface area (Å²) in [4.78, 5) is 41.3. The van der Waals surface area contributed by atoms with Gasteiger partial charge in [0, 0.05) is 12.6 Å². The van der Waals surface area contributed by atoms with Crippen molar-refractivity contribution < 1.29 is 19.1 Å². The summed E-state index contributed by atoms with van der Waals surface area (Å²) < 4.78 is 5.35. The topological polar surface area (TPSA) is 87.7 Å². The Bertz CT molecular complexity index is 825. The van der Waals surface area contributed by atoms with Gasteiger partial charge < -0.3 is 20.3 Å². The van der Waals surface area contributed by atoms with E-state index in [1.165, 1.54) is 0 Å². The van der Waals surface area contributed by atoms with Crippen LogP contribution in [-0.4, -0.2) is 47.0 Å². The minimum absolute atomic E-state index is 0.0758. The second-order valence-electron chi connectivity index (χ2n) is 10.7. The molecule has 2 N–H and O–H groups in total. The van der Waals surface area contributed by atoms with Crippen LogP contribution < -0.4 is 10.6 Å². The molecule has 0 bridgehead atoms. The zero-order valence-electron chi connectivity index (χ0n) is 23.3. The van der Waals surface area contributed by atoms with Gasteiger partial charge in [0.05, 0.1) is 0 Å². The van der Waals surface area contributed by atoms with Crippen molar-refractivity contribution in [1.29, 1.82) is 0 Å². The number of unbranched alkanes of at least 4 members (excludes halogenated alkanes) is 4. The molecule has 0 heterocycles. The van der Waals surface area contributed by atoms with Crippen molar-refractivity contribution in [3.8, 4) is 0 Å². The number of hydrogen-bond donors (Lipinski definition) is 2. The third-order valence-corrected chi connectivity index (χ3v) is 5.70. The van der Waals surface area contributed by atoms with Gasteiger partial charge >= 0.3 is 6.09 Å². The number of hydrogen-bond acceptors (Lipinski definition) is 4. The molecule has 0 aliphatic heterocycles. The summed E-state index contributed by atoms with van der Waals surface area (Å²) in [6.07, 6.45) is 4.44. The zero-order chi connectivity index (χ0) is 26.8. The molecule has 198 valence electrons. The lowest BCUT2D eigenvalue weighted by Gasteiger charge is -2.35. The maximum atomic E-state index is 13.8. The van der Waals surface area contributed by atoms with Crippen molar-refractivity contribution in [2.45, 2.75) is 118 Å². The lowest BCUT2D eigenvalue weighted by atomic mass is 9.93. The summed E-state index contributed by atoms with van der Waals surface area (Å²) >= 11 is 0. The van der Waals surface area contributed by atoms with E-state index in [0.29, 0.717) is 6.54 Å². The number of amides is 3. The number of carbonyl (C=O) groups is 3. The normalized spacial score (nSPS) is 13.2. The number of aryl methyl sites for hydroxylation is 2. The quantitative estimate of drug-likeness (QED) is 0.375. The van der Waals surface area contributed by atoms with Crippen molar-refractivity contribution in [3.05, 3.63) is 34.9 Å². The number of nitrogens with one attached hydrogen (secondary N) is 2. The minimum Gasteiger partial charge on any atom is -0.444 e. The Morgan fingerprint density at radius 3 is 2.03 bits per heavy atom. The molecule has 0 radical (unpaired) electrons. The van der Waals surface area contributed by atoms with Gasteiger partial charge in [0.2, 0.25) is 11.8 Å².